The van der Waals surface area contributed by atoms with Gasteiger partial charge >= 0.3 is 0 Å². The Balaban J connectivity index is 1.53. The predicted octanol–water partition coefficient (Wildman–Crippen LogP) is 4.92. The zero-order valence-corrected chi connectivity index (χ0v) is 16.1. The van der Waals surface area contributed by atoms with E-state index in [0.29, 0.717) is 28.7 Å². The Morgan fingerprint density at radius 3 is 2.65 bits per heavy atom. The number of amides is 1. The number of nitrogens with zero attached hydrogens (tertiary/aromatic N) is 1. The fourth-order valence-electron chi connectivity index (χ4n) is 3.72. The molecule has 0 spiro atoms. The van der Waals surface area contributed by atoms with Crippen molar-refractivity contribution in [2.45, 2.75) is 18.9 Å². The van der Waals surface area contributed by atoms with Gasteiger partial charge in [0.2, 0.25) is 0 Å². The first-order valence-corrected chi connectivity index (χ1v) is 9.49. The van der Waals surface area contributed by atoms with Gasteiger partial charge in [-0.2, -0.15) is 0 Å². The number of carbonyl (C=O) groups is 1. The van der Waals surface area contributed by atoms with E-state index in [1.54, 1.807) is 17.0 Å². The van der Waals surface area contributed by atoms with Gasteiger partial charge in [-0.1, -0.05) is 46.9 Å². The molecule has 1 N–H and O–H groups in total. The van der Waals surface area contributed by atoms with Crippen molar-refractivity contribution in [1.82, 2.24) is 4.90 Å². The van der Waals surface area contributed by atoms with E-state index in [0.717, 1.165) is 17.9 Å². The van der Waals surface area contributed by atoms with Crippen LogP contribution in [0, 0.1) is 0 Å². The van der Waals surface area contributed by atoms with Crippen LogP contribution in [0.5, 0.6) is 0 Å². The number of aliphatic hydroxyl groups excluding tert-OH is 1. The van der Waals surface area contributed by atoms with Gasteiger partial charge < -0.3 is 10.0 Å². The van der Waals surface area contributed by atoms with Crippen LogP contribution in [-0.4, -0.2) is 29.0 Å². The van der Waals surface area contributed by atoms with Gasteiger partial charge in [-0.3, -0.25) is 4.79 Å². The number of halogens is 3. The lowest BCUT2D eigenvalue weighted by Crippen LogP contribution is -2.39. The molecule has 1 amide bonds. The summed E-state index contributed by atoms with van der Waals surface area (Å²) >= 11 is 18.0. The summed E-state index contributed by atoms with van der Waals surface area (Å²) in [6.07, 6.45) is 0.349. The molecule has 1 unspecified atom stereocenters. The van der Waals surface area contributed by atoms with Crippen molar-refractivity contribution in [3.63, 3.8) is 0 Å². The van der Waals surface area contributed by atoms with Gasteiger partial charge in [0.15, 0.2) is 6.10 Å². The third kappa shape index (κ3) is 3.14. The summed E-state index contributed by atoms with van der Waals surface area (Å²) in [7, 11) is 0. The van der Waals surface area contributed by atoms with Gasteiger partial charge in [-0.25, -0.2) is 0 Å². The van der Waals surface area contributed by atoms with Crippen LogP contribution in [0.15, 0.2) is 42.0 Å². The number of benzene rings is 2. The number of aliphatic hydroxyl groups is 1. The SMILES string of the molecule is O=C(C(O)c1ccc(Cl)c(Cl)c1)N1CCC2=C(Cc3ccc(Cl)cc32)C1. The predicted molar refractivity (Wildman–Crippen MR) is 105 cm³/mol. The summed E-state index contributed by atoms with van der Waals surface area (Å²) < 4.78 is 0. The minimum absolute atomic E-state index is 0.316. The standard InChI is InChI=1S/C20H16Cl3NO2/c21-14-3-1-11-7-13-10-24(6-5-15(13)16(11)9-14)20(26)19(25)12-2-4-17(22)18(23)8-12/h1-4,8-9,19,25H,5-7,10H2. The maximum atomic E-state index is 12.8. The molecular weight excluding hydrogens is 393 g/mol. The normalized spacial score (nSPS) is 17.2. The molecule has 1 atom stereocenters. The molecule has 0 radical (unpaired) electrons. The van der Waals surface area contributed by atoms with Crippen LogP contribution >= 0.6 is 34.8 Å². The molecule has 3 nitrogen and oxygen atoms in total. The summed E-state index contributed by atoms with van der Waals surface area (Å²) in [5.74, 6) is -0.316. The second-order valence-corrected chi connectivity index (χ2v) is 7.90. The fraction of sp³-hybridized carbons (Fsp3) is 0.250. The molecule has 0 saturated carbocycles. The van der Waals surface area contributed by atoms with Crippen molar-refractivity contribution < 1.29 is 9.90 Å². The largest absolute Gasteiger partial charge is 0.378 e. The molecular formula is C20H16Cl3NO2. The first kappa shape index (κ1) is 17.9. The Morgan fingerprint density at radius 2 is 1.88 bits per heavy atom. The molecule has 2 aliphatic rings. The average Bonchev–Trinajstić information content (AvgIpc) is 2.99. The molecule has 1 aliphatic carbocycles. The molecule has 0 aromatic heterocycles. The maximum absolute atomic E-state index is 12.8. The molecule has 2 aromatic rings. The lowest BCUT2D eigenvalue weighted by atomic mass is 9.98. The monoisotopic (exact) mass is 407 g/mol. The van der Waals surface area contributed by atoms with Crippen molar-refractivity contribution in [3.8, 4) is 0 Å². The van der Waals surface area contributed by atoms with Crippen LogP contribution in [-0.2, 0) is 11.2 Å². The quantitative estimate of drug-likeness (QED) is 0.766. The fourth-order valence-corrected chi connectivity index (χ4v) is 4.19. The molecule has 1 aliphatic heterocycles. The third-order valence-corrected chi connectivity index (χ3v) is 6.02. The first-order chi connectivity index (χ1) is 12.4. The van der Waals surface area contributed by atoms with Crippen LogP contribution in [0.3, 0.4) is 0 Å². The zero-order valence-electron chi connectivity index (χ0n) is 13.8. The highest BCUT2D eigenvalue weighted by molar-refractivity contribution is 6.42. The summed E-state index contributed by atoms with van der Waals surface area (Å²) in [4.78, 5) is 14.5. The van der Waals surface area contributed by atoms with Crippen molar-refractivity contribution in [2.24, 2.45) is 0 Å². The van der Waals surface area contributed by atoms with E-state index in [4.69, 9.17) is 34.8 Å². The number of carbonyl (C=O) groups excluding carboxylic acids is 1. The Bertz CT molecular complexity index is 939. The Kier molecular flexibility index (Phi) is 4.74. The summed E-state index contributed by atoms with van der Waals surface area (Å²) in [6.45, 7) is 1.10. The lowest BCUT2D eigenvalue weighted by Gasteiger charge is -2.30. The number of hydrogen-bond acceptors (Lipinski definition) is 2. The van der Waals surface area contributed by atoms with Gasteiger partial charge in [-0.05, 0) is 64.9 Å². The zero-order chi connectivity index (χ0) is 18.4. The molecule has 6 heteroatoms. The number of fused-ring (bicyclic) bond motifs is 2. The minimum atomic E-state index is -1.25. The minimum Gasteiger partial charge on any atom is -0.378 e. The Labute approximate surface area is 166 Å². The highest BCUT2D eigenvalue weighted by Crippen LogP contribution is 2.39. The summed E-state index contributed by atoms with van der Waals surface area (Å²) in [5.41, 5.74) is 5.41. The average molecular weight is 409 g/mol. The van der Waals surface area contributed by atoms with E-state index >= 15 is 0 Å². The highest BCUT2D eigenvalue weighted by atomic mass is 35.5. The van der Waals surface area contributed by atoms with Crippen LogP contribution < -0.4 is 0 Å². The van der Waals surface area contributed by atoms with Crippen LogP contribution in [0.2, 0.25) is 15.1 Å². The van der Waals surface area contributed by atoms with E-state index in [-0.39, 0.29) is 5.91 Å². The Morgan fingerprint density at radius 1 is 1.08 bits per heavy atom. The molecule has 0 bridgehead atoms. The van der Waals surface area contributed by atoms with E-state index in [1.807, 2.05) is 18.2 Å². The lowest BCUT2D eigenvalue weighted by molar-refractivity contribution is -0.140. The first-order valence-electron chi connectivity index (χ1n) is 8.35. The third-order valence-electron chi connectivity index (χ3n) is 5.05. The van der Waals surface area contributed by atoms with E-state index in [2.05, 4.69) is 0 Å². The topological polar surface area (TPSA) is 40.5 Å². The number of rotatable bonds is 2. The van der Waals surface area contributed by atoms with Crippen molar-refractivity contribution in [1.29, 1.82) is 0 Å². The maximum Gasteiger partial charge on any atom is 0.256 e. The molecule has 134 valence electrons. The van der Waals surface area contributed by atoms with E-state index < -0.39 is 6.10 Å². The van der Waals surface area contributed by atoms with E-state index in [1.165, 1.54) is 28.3 Å². The second kappa shape index (κ2) is 6.90. The van der Waals surface area contributed by atoms with Gasteiger partial charge in [0.05, 0.1) is 10.0 Å². The molecule has 4 rings (SSSR count). The van der Waals surface area contributed by atoms with Gasteiger partial charge in [-0.15, -0.1) is 0 Å². The van der Waals surface area contributed by atoms with Crippen LogP contribution in [0.4, 0.5) is 0 Å². The summed E-state index contributed by atoms with van der Waals surface area (Å²) in [6, 6.07) is 10.7. The van der Waals surface area contributed by atoms with E-state index in [9.17, 15) is 9.90 Å². The molecule has 2 aromatic carbocycles. The highest BCUT2D eigenvalue weighted by Gasteiger charge is 2.32. The Hall–Kier alpha value is -1.52. The van der Waals surface area contributed by atoms with Crippen LogP contribution in [0.1, 0.15) is 29.2 Å². The van der Waals surface area contributed by atoms with Crippen molar-refractivity contribution in [3.05, 3.63) is 73.7 Å². The van der Waals surface area contributed by atoms with Gasteiger partial charge in [0.1, 0.15) is 0 Å². The molecule has 0 saturated heterocycles. The molecule has 26 heavy (non-hydrogen) atoms. The summed E-state index contributed by atoms with van der Waals surface area (Å²) in [5, 5.41) is 11.9. The van der Waals surface area contributed by atoms with Crippen molar-refractivity contribution >= 4 is 46.3 Å². The van der Waals surface area contributed by atoms with Crippen LogP contribution in [0.25, 0.3) is 5.57 Å². The van der Waals surface area contributed by atoms with Crippen molar-refractivity contribution in [2.75, 3.05) is 13.1 Å². The molecule has 1 heterocycles. The smallest absolute Gasteiger partial charge is 0.256 e. The van der Waals surface area contributed by atoms with Gasteiger partial charge in [0.25, 0.3) is 5.91 Å². The number of hydrogen-bond donors (Lipinski definition) is 1. The second-order valence-electron chi connectivity index (χ2n) is 6.65. The van der Waals surface area contributed by atoms with Gasteiger partial charge in [0, 0.05) is 18.1 Å². The molecule has 0 fully saturated rings.